The molecule has 0 amide bonds. The Labute approximate surface area is 156 Å². The fourth-order valence-corrected chi connectivity index (χ4v) is 3.57. The zero-order chi connectivity index (χ0) is 18.4. The van der Waals surface area contributed by atoms with Crippen molar-refractivity contribution in [1.29, 1.82) is 0 Å². The Kier molecular flexibility index (Phi) is 6.50. The van der Waals surface area contributed by atoms with E-state index in [1.54, 1.807) is 0 Å². The maximum Gasteiger partial charge on any atom is 0.191 e. The molecule has 142 valence electrons. The minimum atomic E-state index is 0.504. The summed E-state index contributed by atoms with van der Waals surface area (Å²) >= 11 is 0. The van der Waals surface area contributed by atoms with Crippen LogP contribution in [0.1, 0.15) is 44.5 Å². The summed E-state index contributed by atoms with van der Waals surface area (Å²) in [6, 6.07) is 6.68. The van der Waals surface area contributed by atoms with Crippen LogP contribution in [-0.4, -0.2) is 52.5 Å². The van der Waals surface area contributed by atoms with Gasteiger partial charge in [-0.1, -0.05) is 13.0 Å². The van der Waals surface area contributed by atoms with Crippen molar-refractivity contribution in [3.05, 3.63) is 35.8 Å². The van der Waals surface area contributed by atoms with Gasteiger partial charge >= 0.3 is 0 Å². The summed E-state index contributed by atoms with van der Waals surface area (Å²) in [4.78, 5) is 12.0. The Bertz CT molecular complexity index is 727. The summed E-state index contributed by atoms with van der Waals surface area (Å²) < 4.78 is 2.12. The van der Waals surface area contributed by atoms with Gasteiger partial charge < -0.3 is 19.9 Å². The van der Waals surface area contributed by atoms with Crippen molar-refractivity contribution in [3.8, 4) is 0 Å². The number of nitrogens with one attached hydrogen (secondary N) is 2. The third kappa shape index (κ3) is 4.75. The smallest absolute Gasteiger partial charge is 0.191 e. The van der Waals surface area contributed by atoms with Crippen LogP contribution in [0.5, 0.6) is 0 Å². The van der Waals surface area contributed by atoms with Gasteiger partial charge in [0, 0.05) is 37.6 Å². The molecule has 3 heterocycles. The Morgan fingerprint density at radius 2 is 2.08 bits per heavy atom. The zero-order valence-electron chi connectivity index (χ0n) is 16.3. The van der Waals surface area contributed by atoms with Crippen LogP contribution in [0.25, 0.3) is 5.65 Å². The van der Waals surface area contributed by atoms with E-state index < -0.39 is 0 Å². The third-order valence-electron chi connectivity index (χ3n) is 4.96. The molecule has 2 aromatic rings. The molecule has 0 bridgehead atoms. The second kappa shape index (κ2) is 9.03. The topological polar surface area (TPSA) is 57.0 Å². The molecular weight excluding hydrogens is 324 g/mol. The Morgan fingerprint density at radius 3 is 2.77 bits per heavy atom. The third-order valence-corrected chi connectivity index (χ3v) is 4.96. The van der Waals surface area contributed by atoms with Crippen LogP contribution < -0.4 is 10.6 Å². The first-order chi connectivity index (χ1) is 12.7. The molecule has 0 aliphatic carbocycles. The van der Waals surface area contributed by atoms with Gasteiger partial charge in [-0.15, -0.1) is 0 Å². The number of guanidine groups is 1. The predicted molar refractivity (Wildman–Crippen MR) is 108 cm³/mol. The van der Waals surface area contributed by atoms with E-state index >= 15 is 0 Å². The zero-order valence-corrected chi connectivity index (χ0v) is 16.3. The molecule has 0 saturated carbocycles. The standard InChI is InChI=1S/C20H32N6/c1-4-11-25-12-9-17(10-13-25)24-20(21-5-2)22-14-18-15-26-16(3)7-6-8-19(26)23-18/h6-8,15,17H,4-5,9-14H2,1-3H3,(H2,21,22,24). The minimum Gasteiger partial charge on any atom is -0.357 e. The van der Waals surface area contributed by atoms with Crippen LogP contribution in [-0.2, 0) is 6.54 Å². The fraction of sp³-hybridized carbons (Fsp3) is 0.600. The molecule has 1 saturated heterocycles. The highest BCUT2D eigenvalue weighted by molar-refractivity contribution is 5.80. The molecule has 6 nitrogen and oxygen atoms in total. The van der Waals surface area contributed by atoms with Crippen molar-refractivity contribution in [2.75, 3.05) is 26.2 Å². The highest BCUT2D eigenvalue weighted by Gasteiger charge is 2.19. The summed E-state index contributed by atoms with van der Waals surface area (Å²) in [7, 11) is 0. The predicted octanol–water partition coefficient (Wildman–Crippen LogP) is 2.57. The molecule has 2 N–H and O–H groups in total. The van der Waals surface area contributed by atoms with Gasteiger partial charge in [0.15, 0.2) is 5.96 Å². The molecule has 1 aliphatic heterocycles. The number of hydrogen-bond donors (Lipinski definition) is 2. The van der Waals surface area contributed by atoms with Crippen molar-refractivity contribution in [2.24, 2.45) is 4.99 Å². The Balaban J connectivity index is 1.60. The number of imidazole rings is 1. The van der Waals surface area contributed by atoms with Crippen LogP contribution in [0.3, 0.4) is 0 Å². The number of aliphatic imine (C=N–C) groups is 1. The summed E-state index contributed by atoms with van der Waals surface area (Å²) in [6.45, 7) is 11.5. The Morgan fingerprint density at radius 1 is 1.27 bits per heavy atom. The second-order valence-electron chi connectivity index (χ2n) is 7.08. The van der Waals surface area contributed by atoms with Gasteiger partial charge in [-0.25, -0.2) is 9.98 Å². The van der Waals surface area contributed by atoms with Crippen LogP contribution in [0.15, 0.2) is 29.4 Å². The molecule has 0 radical (unpaired) electrons. The summed E-state index contributed by atoms with van der Waals surface area (Å²) in [6.07, 6.45) is 5.68. The number of piperidine rings is 1. The molecule has 3 rings (SSSR count). The van der Waals surface area contributed by atoms with E-state index in [0.29, 0.717) is 12.6 Å². The van der Waals surface area contributed by atoms with Gasteiger partial charge in [-0.3, -0.25) is 0 Å². The summed E-state index contributed by atoms with van der Waals surface area (Å²) in [5, 5.41) is 6.98. The van der Waals surface area contributed by atoms with E-state index in [9.17, 15) is 0 Å². The van der Waals surface area contributed by atoms with Crippen molar-refractivity contribution < 1.29 is 0 Å². The number of rotatable bonds is 6. The Hall–Kier alpha value is -2.08. The monoisotopic (exact) mass is 356 g/mol. The quantitative estimate of drug-likeness (QED) is 0.617. The minimum absolute atomic E-state index is 0.504. The van der Waals surface area contributed by atoms with Gasteiger partial charge in [-0.2, -0.15) is 0 Å². The fourth-order valence-electron chi connectivity index (χ4n) is 3.57. The lowest BCUT2D eigenvalue weighted by Gasteiger charge is -2.32. The van der Waals surface area contributed by atoms with Crippen LogP contribution in [0, 0.1) is 6.92 Å². The molecule has 1 fully saturated rings. The van der Waals surface area contributed by atoms with E-state index in [0.717, 1.165) is 23.8 Å². The molecule has 0 unspecified atom stereocenters. The molecule has 26 heavy (non-hydrogen) atoms. The van der Waals surface area contributed by atoms with Gasteiger partial charge in [0.25, 0.3) is 0 Å². The molecule has 1 aliphatic rings. The van der Waals surface area contributed by atoms with Gasteiger partial charge in [0.1, 0.15) is 5.65 Å². The van der Waals surface area contributed by atoms with Crippen LogP contribution in [0.4, 0.5) is 0 Å². The average Bonchev–Trinajstić information content (AvgIpc) is 3.06. The number of pyridine rings is 1. The van der Waals surface area contributed by atoms with Gasteiger partial charge in [-0.05, 0) is 51.8 Å². The van der Waals surface area contributed by atoms with Crippen molar-refractivity contribution in [1.82, 2.24) is 24.9 Å². The van der Waals surface area contributed by atoms with Gasteiger partial charge in [0.2, 0.25) is 0 Å². The van der Waals surface area contributed by atoms with E-state index in [2.05, 4.69) is 58.0 Å². The largest absolute Gasteiger partial charge is 0.357 e. The van der Waals surface area contributed by atoms with E-state index in [1.165, 1.54) is 44.6 Å². The summed E-state index contributed by atoms with van der Waals surface area (Å²) in [5.74, 6) is 0.898. The van der Waals surface area contributed by atoms with Crippen LogP contribution >= 0.6 is 0 Å². The lowest BCUT2D eigenvalue weighted by molar-refractivity contribution is 0.206. The highest BCUT2D eigenvalue weighted by Crippen LogP contribution is 2.11. The lowest BCUT2D eigenvalue weighted by atomic mass is 10.1. The molecule has 0 atom stereocenters. The molecule has 0 aromatic carbocycles. The number of hydrogen-bond acceptors (Lipinski definition) is 3. The summed E-state index contributed by atoms with van der Waals surface area (Å²) in [5.41, 5.74) is 3.17. The number of nitrogens with zero attached hydrogens (tertiary/aromatic N) is 4. The van der Waals surface area contributed by atoms with Gasteiger partial charge in [0.05, 0.1) is 12.2 Å². The highest BCUT2D eigenvalue weighted by atomic mass is 15.2. The SMILES string of the molecule is CCCN1CCC(NC(=NCc2cn3c(C)cccc3n2)NCC)CC1. The number of aromatic nitrogens is 2. The molecular formula is C20H32N6. The van der Waals surface area contributed by atoms with Crippen molar-refractivity contribution in [3.63, 3.8) is 0 Å². The first-order valence-corrected chi connectivity index (χ1v) is 9.90. The maximum atomic E-state index is 4.76. The normalized spacial score (nSPS) is 17.0. The lowest BCUT2D eigenvalue weighted by Crippen LogP contribution is -2.48. The molecule has 6 heteroatoms. The van der Waals surface area contributed by atoms with E-state index in [-0.39, 0.29) is 0 Å². The van der Waals surface area contributed by atoms with Crippen molar-refractivity contribution >= 4 is 11.6 Å². The molecule has 2 aromatic heterocycles. The second-order valence-corrected chi connectivity index (χ2v) is 7.08. The molecule has 0 spiro atoms. The first kappa shape index (κ1) is 18.7. The first-order valence-electron chi connectivity index (χ1n) is 9.90. The van der Waals surface area contributed by atoms with E-state index in [4.69, 9.17) is 4.99 Å². The average molecular weight is 357 g/mol. The number of fused-ring (bicyclic) bond motifs is 1. The number of aryl methyl sites for hydroxylation is 1. The van der Waals surface area contributed by atoms with E-state index in [1.807, 2.05) is 12.1 Å². The van der Waals surface area contributed by atoms with Crippen LogP contribution in [0.2, 0.25) is 0 Å². The number of likely N-dealkylation sites (tertiary alicyclic amines) is 1. The maximum absolute atomic E-state index is 4.76. The van der Waals surface area contributed by atoms with Crippen molar-refractivity contribution in [2.45, 2.75) is 52.6 Å².